The minimum Gasteiger partial charge on any atom is -0.486 e. The van der Waals surface area contributed by atoms with Crippen molar-refractivity contribution >= 4 is 17.4 Å². The first-order valence-electron chi connectivity index (χ1n) is 7.50. The molecule has 0 aliphatic carbocycles. The lowest BCUT2D eigenvalue weighted by atomic mass is 10.2. The second-order valence-corrected chi connectivity index (χ2v) is 6.38. The third-order valence-corrected chi connectivity index (χ3v) is 4.78. The summed E-state index contributed by atoms with van der Waals surface area (Å²) in [5.41, 5.74) is 4.29. The molecule has 1 aromatic heterocycles. The van der Waals surface area contributed by atoms with Gasteiger partial charge in [0, 0.05) is 12.1 Å². The number of hydrogen-bond donors (Lipinski definition) is 1. The van der Waals surface area contributed by atoms with Crippen LogP contribution in [0.2, 0.25) is 0 Å². The lowest BCUT2D eigenvalue weighted by Gasteiger charge is -2.12. The Labute approximate surface area is 147 Å². The number of nitrogens with one attached hydrogen (secondary N) is 1. The van der Waals surface area contributed by atoms with Gasteiger partial charge in [-0.1, -0.05) is 30.0 Å². The summed E-state index contributed by atoms with van der Waals surface area (Å²) in [6.07, 6.45) is 0. The van der Waals surface area contributed by atoms with Crippen LogP contribution >= 0.6 is 11.8 Å². The monoisotopic (exact) mass is 355 g/mol. The van der Waals surface area contributed by atoms with Crippen molar-refractivity contribution in [1.29, 1.82) is 0 Å². The van der Waals surface area contributed by atoms with Gasteiger partial charge < -0.3 is 10.2 Å². The van der Waals surface area contributed by atoms with Gasteiger partial charge in [0.05, 0.1) is 4.92 Å². The molecule has 0 amide bonds. The minimum atomic E-state index is -0.410. The Morgan fingerprint density at radius 3 is 2.64 bits per heavy atom. The van der Waals surface area contributed by atoms with Crippen LogP contribution < -0.4 is 10.2 Å². The highest BCUT2D eigenvalue weighted by Crippen LogP contribution is 2.38. The van der Waals surface area contributed by atoms with E-state index in [9.17, 15) is 10.1 Å². The Morgan fingerprint density at radius 1 is 1.16 bits per heavy atom. The average Bonchev–Trinajstić information content (AvgIpc) is 3.22. The van der Waals surface area contributed by atoms with E-state index in [0.29, 0.717) is 5.82 Å². The van der Waals surface area contributed by atoms with Gasteiger partial charge in [0.1, 0.15) is 17.7 Å². The standard InChI is InChI=1S/C16H13N5O3S/c22-21(23)12-8-6-11(7-9-12)15-19-20-14(17-18-16(20)25-15)10-24-13-4-2-1-3-5-13/h1-9,15,19H,10H2/t15-/m0/s1. The van der Waals surface area contributed by atoms with Gasteiger partial charge in [-0.25, -0.2) is 4.68 Å². The molecule has 1 aliphatic rings. The zero-order valence-corrected chi connectivity index (χ0v) is 13.7. The van der Waals surface area contributed by atoms with E-state index in [1.165, 1.54) is 23.9 Å². The Bertz CT molecular complexity index is 898. The highest BCUT2D eigenvalue weighted by molar-refractivity contribution is 7.99. The SMILES string of the molecule is O=[N+]([O-])c1ccc([C@H]2Nn3c(COc4ccccc4)nnc3S2)cc1. The first-order chi connectivity index (χ1) is 12.2. The molecule has 2 heterocycles. The van der Waals surface area contributed by atoms with Gasteiger partial charge in [0.25, 0.3) is 5.69 Å². The largest absolute Gasteiger partial charge is 0.486 e. The van der Waals surface area contributed by atoms with Crippen LogP contribution in [0.15, 0.2) is 59.8 Å². The zero-order chi connectivity index (χ0) is 17.2. The summed E-state index contributed by atoms with van der Waals surface area (Å²) in [5, 5.41) is 19.7. The maximum Gasteiger partial charge on any atom is 0.269 e. The van der Waals surface area contributed by atoms with Gasteiger partial charge in [-0.2, -0.15) is 0 Å². The summed E-state index contributed by atoms with van der Waals surface area (Å²) < 4.78 is 7.50. The summed E-state index contributed by atoms with van der Waals surface area (Å²) in [6.45, 7) is 0.289. The van der Waals surface area contributed by atoms with Crippen LogP contribution in [0, 0.1) is 10.1 Å². The third-order valence-electron chi connectivity index (χ3n) is 3.69. The van der Waals surface area contributed by atoms with E-state index in [1.54, 1.807) is 16.8 Å². The number of para-hydroxylation sites is 1. The molecule has 2 aromatic carbocycles. The summed E-state index contributed by atoms with van der Waals surface area (Å²) >= 11 is 1.50. The van der Waals surface area contributed by atoms with Crippen molar-refractivity contribution < 1.29 is 9.66 Å². The Kier molecular flexibility index (Phi) is 3.98. The van der Waals surface area contributed by atoms with Crippen molar-refractivity contribution in [3.63, 3.8) is 0 Å². The molecular weight excluding hydrogens is 342 g/mol. The molecular formula is C16H13N5O3S. The number of non-ortho nitro benzene ring substituents is 1. The first-order valence-corrected chi connectivity index (χ1v) is 8.38. The summed E-state index contributed by atoms with van der Waals surface area (Å²) in [4.78, 5) is 10.3. The normalized spacial score (nSPS) is 15.4. The molecule has 0 radical (unpaired) electrons. The van der Waals surface area contributed by atoms with Gasteiger partial charge in [0.15, 0.2) is 5.82 Å². The molecule has 0 fully saturated rings. The number of nitro benzene ring substituents is 1. The fourth-order valence-corrected chi connectivity index (χ4v) is 3.44. The fraction of sp³-hybridized carbons (Fsp3) is 0.125. The van der Waals surface area contributed by atoms with E-state index < -0.39 is 4.92 Å². The Morgan fingerprint density at radius 2 is 1.92 bits per heavy atom. The molecule has 8 nitrogen and oxygen atoms in total. The van der Waals surface area contributed by atoms with Crippen molar-refractivity contribution in [3.05, 3.63) is 76.1 Å². The fourth-order valence-electron chi connectivity index (χ4n) is 2.43. The van der Waals surface area contributed by atoms with Crippen molar-refractivity contribution in [1.82, 2.24) is 14.9 Å². The van der Waals surface area contributed by atoms with Gasteiger partial charge >= 0.3 is 0 Å². The van der Waals surface area contributed by atoms with Crippen molar-refractivity contribution in [2.24, 2.45) is 0 Å². The van der Waals surface area contributed by atoms with E-state index in [4.69, 9.17) is 4.74 Å². The van der Waals surface area contributed by atoms with Gasteiger partial charge in [0.2, 0.25) is 5.16 Å². The van der Waals surface area contributed by atoms with E-state index in [1.807, 2.05) is 30.3 Å². The van der Waals surface area contributed by atoms with Crippen LogP contribution in [0.25, 0.3) is 0 Å². The number of ether oxygens (including phenoxy) is 1. The quantitative estimate of drug-likeness (QED) is 0.555. The first kappa shape index (κ1) is 15.5. The predicted octanol–water partition coefficient (Wildman–Crippen LogP) is 3.11. The maximum absolute atomic E-state index is 10.8. The molecule has 1 atom stereocenters. The van der Waals surface area contributed by atoms with Crippen molar-refractivity contribution in [3.8, 4) is 5.75 Å². The number of thioether (sulfide) groups is 1. The zero-order valence-electron chi connectivity index (χ0n) is 12.9. The topological polar surface area (TPSA) is 95.1 Å². The molecule has 126 valence electrons. The van der Waals surface area contributed by atoms with Crippen LogP contribution in [0.3, 0.4) is 0 Å². The van der Waals surface area contributed by atoms with Crippen LogP contribution in [0.4, 0.5) is 5.69 Å². The highest BCUT2D eigenvalue weighted by Gasteiger charge is 2.28. The third kappa shape index (κ3) is 3.13. The number of nitrogens with zero attached hydrogens (tertiary/aromatic N) is 4. The molecule has 1 N–H and O–H groups in total. The highest BCUT2D eigenvalue weighted by atomic mass is 32.2. The summed E-state index contributed by atoms with van der Waals surface area (Å²) in [7, 11) is 0. The Balaban J connectivity index is 1.46. The van der Waals surface area contributed by atoms with Gasteiger partial charge in [-0.3, -0.25) is 10.1 Å². The van der Waals surface area contributed by atoms with E-state index >= 15 is 0 Å². The van der Waals surface area contributed by atoms with Gasteiger partial charge in [-0.05, 0) is 29.8 Å². The van der Waals surface area contributed by atoms with E-state index in [2.05, 4.69) is 15.6 Å². The van der Waals surface area contributed by atoms with Crippen molar-refractivity contribution in [2.75, 3.05) is 5.43 Å². The molecule has 3 aromatic rings. The molecule has 0 unspecified atom stereocenters. The Hall–Kier alpha value is -3.07. The summed E-state index contributed by atoms with van der Waals surface area (Å²) in [5.74, 6) is 1.42. The molecule has 0 bridgehead atoms. The molecule has 0 saturated heterocycles. The molecule has 0 saturated carbocycles. The van der Waals surface area contributed by atoms with Crippen LogP contribution in [0.1, 0.15) is 16.8 Å². The second-order valence-electron chi connectivity index (χ2n) is 5.31. The lowest BCUT2D eigenvalue weighted by Crippen LogP contribution is -2.16. The van der Waals surface area contributed by atoms with Gasteiger partial charge in [-0.15, -0.1) is 10.2 Å². The van der Waals surface area contributed by atoms with Crippen LogP contribution in [0.5, 0.6) is 5.75 Å². The summed E-state index contributed by atoms with van der Waals surface area (Å²) in [6, 6.07) is 16.0. The van der Waals surface area contributed by atoms with Crippen LogP contribution in [-0.4, -0.2) is 19.8 Å². The van der Waals surface area contributed by atoms with Crippen LogP contribution in [-0.2, 0) is 6.61 Å². The molecule has 25 heavy (non-hydrogen) atoms. The second kappa shape index (κ2) is 6.44. The minimum absolute atomic E-state index is 0.0723. The molecule has 4 rings (SSSR count). The van der Waals surface area contributed by atoms with Crippen molar-refractivity contribution in [2.45, 2.75) is 17.1 Å². The number of hydrogen-bond acceptors (Lipinski definition) is 7. The van der Waals surface area contributed by atoms with E-state index in [0.717, 1.165) is 16.5 Å². The lowest BCUT2D eigenvalue weighted by molar-refractivity contribution is -0.384. The number of nitro groups is 1. The smallest absolute Gasteiger partial charge is 0.269 e. The molecule has 1 aliphatic heterocycles. The number of benzene rings is 2. The average molecular weight is 355 g/mol. The number of fused-ring (bicyclic) bond motifs is 1. The van der Waals surface area contributed by atoms with E-state index in [-0.39, 0.29) is 17.7 Å². The number of rotatable bonds is 5. The maximum atomic E-state index is 10.8. The predicted molar refractivity (Wildman–Crippen MR) is 91.9 cm³/mol. The molecule has 0 spiro atoms. The molecule has 9 heteroatoms. The number of aromatic nitrogens is 3.